The van der Waals surface area contributed by atoms with E-state index in [-0.39, 0.29) is 17.8 Å². The molecular formula is C18H14FNOS. The molecule has 110 valence electrons. The summed E-state index contributed by atoms with van der Waals surface area (Å²) in [7, 11) is 0. The summed E-state index contributed by atoms with van der Waals surface area (Å²) >= 11 is 1.56. The molecule has 0 radical (unpaired) electrons. The van der Waals surface area contributed by atoms with Crippen molar-refractivity contribution in [3.63, 3.8) is 0 Å². The third kappa shape index (κ3) is 3.23. The lowest BCUT2D eigenvalue weighted by atomic mass is 10.0. The lowest BCUT2D eigenvalue weighted by Crippen LogP contribution is -2.28. The minimum atomic E-state index is -0.289. The van der Waals surface area contributed by atoms with Gasteiger partial charge in [0.2, 0.25) is 0 Å². The standard InChI is InChI=1S/C18H14FNOS/c19-15-10-8-13(9-11-15)17(16-7-4-12-22-16)20-18(21)14-5-2-1-3-6-14/h1-12,17H,(H,20,21). The van der Waals surface area contributed by atoms with Crippen molar-refractivity contribution >= 4 is 17.2 Å². The van der Waals surface area contributed by atoms with Crippen LogP contribution in [-0.2, 0) is 0 Å². The van der Waals surface area contributed by atoms with Crippen molar-refractivity contribution in [3.05, 3.63) is 93.9 Å². The van der Waals surface area contributed by atoms with Gasteiger partial charge >= 0.3 is 0 Å². The van der Waals surface area contributed by atoms with Crippen LogP contribution in [0.2, 0.25) is 0 Å². The van der Waals surface area contributed by atoms with Gasteiger partial charge in [-0.05, 0) is 41.3 Å². The van der Waals surface area contributed by atoms with Gasteiger partial charge in [0.05, 0.1) is 6.04 Å². The number of nitrogens with one attached hydrogen (secondary N) is 1. The Balaban J connectivity index is 1.90. The maximum Gasteiger partial charge on any atom is 0.252 e. The second kappa shape index (κ2) is 6.54. The van der Waals surface area contributed by atoms with Crippen LogP contribution >= 0.6 is 11.3 Å². The van der Waals surface area contributed by atoms with Gasteiger partial charge in [-0.3, -0.25) is 4.79 Å². The zero-order valence-corrected chi connectivity index (χ0v) is 12.5. The summed E-state index contributed by atoms with van der Waals surface area (Å²) in [5.41, 5.74) is 1.46. The van der Waals surface area contributed by atoms with Crippen LogP contribution in [0.25, 0.3) is 0 Å². The van der Waals surface area contributed by atoms with E-state index in [1.165, 1.54) is 12.1 Å². The number of hydrogen-bond acceptors (Lipinski definition) is 2. The fourth-order valence-corrected chi connectivity index (χ4v) is 3.04. The quantitative estimate of drug-likeness (QED) is 0.760. The zero-order chi connectivity index (χ0) is 15.4. The predicted molar refractivity (Wildman–Crippen MR) is 86.5 cm³/mol. The lowest BCUT2D eigenvalue weighted by molar-refractivity contribution is 0.0943. The molecule has 0 saturated heterocycles. The number of rotatable bonds is 4. The second-order valence-electron chi connectivity index (χ2n) is 4.84. The molecule has 1 unspecified atom stereocenters. The first-order valence-corrected chi connectivity index (χ1v) is 7.77. The molecule has 0 aliphatic carbocycles. The third-order valence-corrected chi connectivity index (χ3v) is 4.28. The molecule has 22 heavy (non-hydrogen) atoms. The van der Waals surface area contributed by atoms with E-state index < -0.39 is 0 Å². The topological polar surface area (TPSA) is 29.1 Å². The van der Waals surface area contributed by atoms with Crippen molar-refractivity contribution in [2.45, 2.75) is 6.04 Å². The first-order valence-electron chi connectivity index (χ1n) is 6.89. The molecule has 3 rings (SSSR count). The van der Waals surface area contributed by atoms with Crippen LogP contribution in [0.15, 0.2) is 72.1 Å². The van der Waals surface area contributed by atoms with Crippen LogP contribution < -0.4 is 5.32 Å². The number of carbonyl (C=O) groups excluding carboxylic acids is 1. The van der Waals surface area contributed by atoms with E-state index in [0.29, 0.717) is 5.56 Å². The summed E-state index contributed by atoms with van der Waals surface area (Å²) in [6.07, 6.45) is 0. The first-order chi connectivity index (χ1) is 10.7. The van der Waals surface area contributed by atoms with Crippen LogP contribution in [0.1, 0.15) is 26.8 Å². The van der Waals surface area contributed by atoms with E-state index >= 15 is 0 Å². The first kappa shape index (κ1) is 14.5. The van der Waals surface area contributed by atoms with Gasteiger partial charge in [-0.15, -0.1) is 11.3 Å². The van der Waals surface area contributed by atoms with E-state index in [1.807, 2.05) is 35.7 Å². The maximum absolute atomic E-state index is 13.1. The summed E-state index contributed by atoms with van der Waals surface area (Å²) in [6.45, 7) is 0. The van der Waals surface area contributed by atoms with Crippen molar-refractivity contribution in [3.8, 4) is 0 Å². The molecule has 2 aromatic carbocycles. The Labute approximate surface area is 132 Å². The van der Waals surface area contributed by atoms with Crippen molar-refractivity contribution < 1.29 is 9.18 Å². The average molecular weight is 311 g/mol. The minimum Gasteiger partial charge on any atom is -0.340 e. The van der Waals surface area contributed by atoms with E-state index in [4.69, 9.17) is 0 Å². The van der Waals surface area contributed by atoms with Gasteiger partial charge in [0.25, 0.3) is 5.91 Å². The van der Waals surface area contributed by atoms with Gasteiger partial charge in [-0.25, -0.2) is 4.39 Å². The summed E-state index contributed by atoms with van der Waals surface area (Å²) in [5.74, 6) is -0.439. The second-order valence-corrected chi connectivity index (χ2v) is 5.82. The van der Waals surface area contributed by atoms with E-state index in [0.717, 1.165) is 10.4 Å². The Kier molecular flexibility index (Phi) is 4.30. The minimum absolute atomic E-state index is 0.150. The zero-order valence-electron chi connectivity index (χ0n) is 11.7. The smallest absolute Gasteiger partial charge is 0.252 e. The summed E-state index contributed by atoms with van der Waals surface area (Å²) in [6, 6.07) is 18.9. The fourth-order valence-electron chi connectivity index (χ4n) is 2.23. The number of halogens is 1. The van der Waals surface area contributed by atoms with Gasteiger partial charge in [-0.1, -0.05) is 36.4 Å². The normalized spacial score (nSPS) is 11.9. The van der Waals surface area contributed by atoms with Gasteiger partial charge < -0.3 is 5.32 Å². The highest BCUT2D eigenvalue weighted by atomic mass is 32.1. The van der Waals surface area contributed by atoms with Crippen molar-refractivity contribution in [2.75, 3.05) is 0 Å². The summed E-state index contributed by atoms with van der Waals surface area (Å²) < 4.78 is 13.1. The number of carbonyl (C=O) groups is 1. The van der Waals surface area contributed by atoms with Crippen LogP contribution in [0.5, 0.6) is 0 Å². The molecule has 0 saturated carbocycles. The molecule has 0 aliphatic heterocycles. The van der Waals surface area contributed by atoms with E-state index in [9.17, 15) is 9.18 Å². The largest absolute Gasteiger partial charge is 0.340 e. The van der Waals surface area contributed by atoms with Gasteiger partial charge in [0.15, 0.2) is 0 Å². The highest BCUT2D eigenvalue weighted by molar-refractivity contribution is 7.10. The van der Waals surface area contributed by atoms with Gasteiger partial charge in [0, 0.05) is 10.4 Å². The average Bonchev–Trinajstić information content (AvgIpc) is 3.08. The van der Waals surface area contributed by atoms with E-state index in [1.54, 1.807) is 35.6 Å². The molecule has 4 heteroatoms. The molecule has 3 aromatic rings. The number of thiophene rings is 1. The number of amides is 1. The highest BCUT2D eigenvalue weighted by Gasteiger charge is 2.18. The summed E-state index contributed by atoms with van der Waals surface area (Å²) in [5, 5.41) is 4.98. The van der Waals surface area contributed by atoms with Crippen LogP contribution in [-0.4, -0.2) is 5.91 Å². The monoisotopic (exact) mass is 311 g/mol. The molecular weight excluding hydrogens is 297 g/mol. The van der Waals surface area contributed by atoms with Gasteiger partial charge in [-0.2, -0.15) is 0 Å². The lowest BCUT2D eigenvalue weighted by Gasteiger charge is -2.18. The number of benzene rings is 2. The molecule has 0 bridgehead atoms. The number of hydrogen-bond donors (Lipinski definition) is 1. The molecule has 1 heterocycles. The third-order valence-electron chi connectivity index (χ3n) is 3.34. The molecule has 1 N–H and O–H groups in total. The van der Waals surface area contributed by atoms with Crippen molar-refractivity contribution in [1.29, 1.82) is 0 Å². The van der Waals surface area contributed by atoms with Gasteiger partial charge in [0.1, 0.15) is 5.82 Å². The maximum atomic E-state index is 13.1. The molecule has 0 aliphatic rings. The molecule has 1 atom stereocenters. The van der Waals surface area contributed by atoms with Crippen LogP contribution in [0.4, 0.5) is 4.39 Å². The molecule has 1 aromatic heterocycles. The molecule has 1 amide bonds. The van der Waals surface area contributed by atoms with Crippen molar-refractivity contribution in [2.24, 2.45) is 0 Å². The Morgan fingerprint density at radius 3 is 2.32 bits per heavy atom. The highest BCUT2D eigenvalue weighted by Crippen LogP contribution is 2.26. The predicted octanol–water partition coefficient (Wildman–Crippen LogP) is 4.41. The Bertz CT molecular complexity index is 739. The van der Waals surface area contributed by atoms with Crippen LogP contribution in [0, 0.1) is 5.82 Å². The fraction of sp³-hybridized carbons (Fsp3) is 0.0556. The SMILES string of the molecule is O=C(NC(c1ccc(F)cc1)c1cccs1)c1ccccc1. The van der Waals surface area contributed by atoms with Crippen LogP contribution in [0.3, 0.4) is 0 Å². The Morgan fingerprint density at radius 2 is 1.68 bits per heavy atom. The Morgan fingerprint density at radius 1 is 0.955 bits per heavy atom. The van der Waals surface area contributed by atoms with Crippen molar-refractivity contribution in [1.82, 2.24) is 5.32 Å². The summed E-state index contributed by atoms with van der Waals surface area (Å²) in [4.78, 5) is 13.4. The molecule has 0 fully saturated rings. The molecule has 0 spiro atoms. The Hall–Kier alpha value is -2.46. The molecule has 2 nitrogen and oxygen atoms in total. The van der Waals surface area contributed by atoms with E-state index in [2.05, 4.69) is 5.32 Å².